The Hall–Kier alpha value is -2.83. The molecule has 3 heterocycles. The summed E-state index contributed by atoms with van der Waals surface area (Å²) >= 11 is 1.63. The molecule has 31 heavy (non-hydrogen) atoms. The first-order valence-electron chi connectivity index (χ1n) is 10.6. The van der Waals surface area contributed by atoms with Crippen molar-refractivity contribution in [2.45, 2.75) is 25.0 Å². The van der Waals surface area contributed by atoms with Crippen LogP contribution in [0.4, 0.5) is 0 Å². The number of fused-ring (bicyclic) bond motifs is 2. The van der Waals surface area contributed by atoms with Gasteiger partial charge in [-0.3, -0.25) is 9.47 Å². The maximum atomic E-state index is 6.23. The van der Waals surface area contributed by atoms with Crippen LogP contribution in [0.5, 0.6) is 5.75 Å². The Morgan fingerprint density at radius 3 is 2.71 bits per heavy atom. The second-order valence-corrected chi connectivity index (χ2v) is 8.60. The van der Waals surface area contributed by atoms with Gasteiger partial charge in [0.1, 0.15) is 18.2 Å². The van der Waals surface area contributed by atoms with Gasteiger partial charge in [-0.2, -0.15) is 0 Å². The van der Waals surface area contributed by atoms with Crippen LogP contribution in [0.1, 0.15) is 16.7 Å². The van der Waals surface area contributed by atoms with E-state index < -0.39 is 0 Å². The SMILES string of the molecule is CSc1nc2ccccc2n1-c1nccc(OCCN2CCc3ccccc3C2)c1C. The highest BCUT2D eigenvalue weighted by Gasteiger charge is 2.18. The maximum Gasteiger partial charge on any atom is 0.174 e. The van der Waals surface area contributed by atoms with E-state index in [9.17, 15) is 0 Å². The van der Waals surface area contributed by atoms with Crippen LogP contribution >= 0.6 is 11.8 Å². The molecule has 4 aromatic rings. The zero-order valence-corrected chi connectivity index (χ0v) is 18.7. The van der Waals surface area contributed by atoms with Crippen LogP contribution in [-0.4, -0.2) is 45.4 Å². The molecule has 2 aromatic carbocycles. The Morgan fingerprint density at radius 2 is 1.84 bits per heavy atom. The highest BCUT2D eigenvalue weighted by Crippen LogP contribution is 2.30. The maximum absolute atomic E-state index is 6.23. The first-order chi connectivity index (χ1) is 15.2. The van der Waals surface area contributed by atoms with E-state index in [0.717, 1.165) is 59.4 Å². The number of thioether (sulfide) groups is 1. The monoisotopic (exact) mass is 430 g/mol. The first-order valence-corrected chi connectivity index (χ1v) is 11.9. The number of nitrogens with zero attached hydrogens (tertiary/aromatic N) is 4. The van der Waals surface area contributed by atoms with Gasteiger partial charge in [-0.25, -0.2) is 9.97 Å². The third-order valence-corrected chi connectivity index (χ3v) is 6.57. The number of hydrogen-bond donors (Lipinski definition) is 0. The first kappa shape index (κ1) is 20.1. The molecule has 158 valence electrons. The van der Waals surface area contributed by atoms with E-state index in [1.54, 1.807) is 11.8 Å². The molecule has 0 unspecified atom stereocenters. The summed E-state index contributed by atoms with van der Waals surface area (Å²) < 4.78 is 8.36. The van der Waals surface area contributed by atoms with Gasteiger partial charge >= 0.3 is 0 Å². The van der Waals surface area contributed by atoms with Crippen molar-refractivity contribution in [3.8, 4) is 11.6 Å². The summed E-state index contributed by atoms with van der Waals surface area (Å²) in [6.45, 7) is 5.73. The number of hydrogen-bond acceptors (Lipinski definition) is 5. The molecule has 5 nitrogen and oxygen atoms in total. The molecular formula is C25H26N4OS. The third kappa shape index (κ3) is 3.93. The summed E-state index contributed by atoms with van der Waals surface area (Å²) in [5, 5.41) is 0.931. The molecule has 6 heteroatoms. The minimum Gasteiger partial charge on any atom is -0.492 e. The topological polar surface area (TPSA) is 43.2 Å². The lowest BCUT2D eigenvalue weighted by Gasteiger charge is -2.28. The van der Waals surface area contributed by atoms with Gasteiger partial charge in [-0.05, 0) is 48.9 Å². The largest absolute Gasteiger partial charge is 0.492 e. The minimum absolute atomic E-state index is 0.659. The summed E-state index contributed by atoms with van der Waals surface area (Å²) in [6, 6.07) is 18.9. The van der Waals surface area contributed by atoms with Crippen molar-refractivity contribution < 1.29 is 4.74 Å². The molecule has 0 saturated carbocycles. The summed E-state index contributed by atoms with van der Waals surface area (Å²) in [5.74, 6) is 1.76. The molecule has 0 atom stereocenters. The number of ether oxygens (including phenoxy) is 1. The Balaban J connectivity index is 1.33. The number of para-hydroxylation sites is 2. The predicted octanol–water partition coefficient (Wildman–Crippen LogP) is 4.89. The molecule has 0 fully saturated rings. The molecule has 0 amide bonds. The second-order valence-electron chi connectivity index (χ2n) is 7.82. The van der Waals surface area contributed by atoms with Gasteiger partial charge in [0, 0.05) is 31.4 Å². The van der Waals surface area contributed by atoms with E-state index >= 15 is 0 Å². The lowest BCUT2D eigenvalue weighted by atomic mass is 10.0. The predicted molar refractivity (Wildman–Crippen MR) is 126 cm³/mol. The van der Waals surface area contributed by atoms with Crippen molar-refractivity contribution >= 4 is 22.8 Å². The Labute approximate surface area is 187 Å². The van der Waals surface area contributed by atoms with Gasteiger partial charge in [0.25, 0.3) is 0 Å². The van der Waals surface area contributed by atoms with Crippen molar-refractivity contribution in [3.63, 3.8) is 0 Å². The van der Waals surface area contributed by atoms with Gasteiger partial charge in [0.2, 0.25) is 0 Å². The summed E-state index contributed by atoms with van der Waals surface area (Å²) in [7, 11) is 0. The zero-order chi connectivity index (χ0) is 21.2. The van der Waals surface area contributed by atoms with Gasteiger partial charge < -0.3 is 4.74 Å². The van der Waals surface area contributed by atoms with Crippen LogP contribution in [0.25, 0.3) is 16.9 Å². The average Bonchev–Trinajstić information content (AvgIpc) is 3.19. The zero-order valence-electron chi connectivity index (χ0n) is 17.9. The summed E-state index contributed by atoms with van der Waals surface area (Å²) in [4.78, 5) is 11.9. The van der Waals surface area contributed by atoms with Gasteiger partial charge in [0.05, 0.1) is 11.0 Å². The lowest BCUT2D eigenvalue weighted by molar-refractivity contribution is 0.195. The molecule has 0 N–H and O–H groups in total. The Bertz CT molecular complexity index is 1220. The van der Waals surface area contributed by atoms with Crippen LogP contribution < -0.4 is 4.74 Å². The third-order valence-electron chi connectivity index (χ3n) is 5.93. The molecule has 0 bridgehead atoms. The van der Waals surface area contributed by atoms with E-state index in [-0.39, 0.29) is 0 Å². The normalized spacial score (nSPS) is 14.0. The highest BCUT2D eigenvalue weighted by atomic mass is 32.2. The van der Waals surface area contributed by atoms with Crippen molar-refractivity contribution in [1.82, 2.24) is 19.4 Å². The Morgan fingerprint density at radius 1 is 1.03 bits per heavy atom. The number of aromatic nitrogens is 3. The van der Waals surface area contributed by atoms with Crippen molar-refractivity contribution in [1.29, 1.82) is 0 Å². The van der Waals surface area contributed by atoms with Crippen molar-refractivity contribution in [3.05, 3.63) is 77.5 Å². The molecule has 2 aromatic heterocycles. The molecule has 0 saturated heterocycles. The van der Waals surface area contributed by atoms with Gasteiger partial charge in [-0.15, -0.1) is 0 Å². The fraction of sp³-hybridized carbons (Fsp3) is 0.280. The number of rotatable bonds is 6. The van der Waals surface area contributed by atoms with Crippen LogP contribution in [-0.2, 0) is 13.0 Å². The molecule has 0 radical (unpaired) electrons. The summed E-state index contributed by atoms with van der Waals surface area (Å²) in [6.07, 6.45) is 4.98. The number of pyridine rings is 1. The summed E-state index contributed by atoms with van der Waals surface area (Å²) in [5.41, 5.74) is 5.99. The number of imidazole rings is 1. The van der Waals surface area contributed by atoms with Crippen LogP contribution in [0.15, 0.2) is 66.0 Å². The fourth-order valence-corrected chi connectivity index (χ4v) is 4.82. The van der Waals surface area contributed by atoms with E-state index in [2.05, 4.69) is 51.7 Å². The van der Waals surface area contributed by atoms with E-state index in [4.69, 9.17) is 9.72 Å². The molecule has 1 aliphatic rings. The van der Waals surface area contributed by atoms with Gasteiger partial charge in [0.15, 0.2) is 5.16 Å². The second kappa shape index (κ2) is 8.73. The average molecular weight is 431 g/mol. The molecule has 0 spiro atoms. The smallest absolute Gasteiger partial charge is 0.174 e. The van der Waals surface area contributed by atoms with Crippen LogP contribution in [0, 0.1) is 6.92 Å². The van der Waals surface area contributed by atoms with E-state index in [0.29, 0.717) is 6.61 Å². The highest BCUT2D eigenvalue weighted by molar-refractivity contribution is 7.98. The Kier molecular flexibility index (Phi) is 5.66. The molecule has 0 aliphatic carbocycles. The molecule has 5 rings (SSSR count). The quantitative estimate of drug-likeness (QED) is 0.408. The minimum atomic E-state index is 0.659. The van der Waals surface area contributed by atoms with E-state index in [1.165, 1.54) is 11.1 Å². The molecule has 1 aliphatic heterocycles. The van der Waals surface area contributed by atoms with Crippen LogP contribution in [0.3, 0.4) is 0 Å². The molecular weight excluding hydrogens is 404 g/mol. The standard InChI is InChI=1S/C25H26N4OS/c1-18-23(30-16-15-28-14-12-19-7-3-4-8-20(19)17-28)11-13-26-24(18)29-22-10-6-5-9-21(22)27-25(29)31-2/h3-11,13H,12,14-17H2,1-2H3. The van der Waals surface area contributed by atoms with Crippen molar-refractivity contribution in [2.24, 2.45) is 0 Å². The van der Waals surface area contributed by atoms with Crippen molar-refractivity contribution in [2.75, 3.05) is 26.0 Å². The fourth-order valence-electron chi connectivity index (χ4n) is 4.26. The van der Waals surface area contributed by atoms with Crippen LogP contribution in [0.2, 0.25) is 0 Å². The lowest BCUT2D eigenvalue weighted by Crippen LogP contribution is -2.33. The van der Waals surface area contributed by atoms with Gasteiger partial charge in [-0.1, -0.05) is 48.2 Å². The number of benzene rings is 2. The van der Waals surface area contributed by atoms with E-state index in [1.807, 2.05) is 36.7 Å².